The fourth-order valence-electron chi connectivity index (χ4n) is 4.17. The van der Waals surface area contributed by atoms with Crippen molar-refractivity contribution >= 4 is 28.9 Å². The van der Waals surface area contributed by atoms with Crippen LogP contribution in [-0.4, -0.2) is 44.2 Å². The van der Waals surface area contributed by atoms with E-state index < -0.39 is 0 Å². The van der Waals surface area contributed by atoms with Crippen molar-refractivity contribution in [1.29, 1.82) is 0 Å². The summed E-state index contributed by atoms with van der Waals surface area (Å²) in [5.74, 6) is 0.648. The van der Waals surface area contributed by atoms with Gasteiger partial charge in [0.25, 0.3) is 5.56 Å². The molecule has 6 nitrogen and oxygen atoms in total. The second kappa shape index (κ2) is 7.96. The summed E-state index contributed by atoms with van der Waals surface area (Å²) in [5.41, 5.74) is 0.839. The SMILES string of the molecule is CSN1CCC(Nc2ncc3ccc(=O)n(C4CCCCC4)c3n2)CC1. The fraction of sp³-hybridized carbons (Fsp3) is 0.632. The van der Waals surface area contributed by atoms with Gasteiger partial charge in [0.2, 0.25) is 5.95 Å². The lowest BCUT2D eigenvalue weighted by molar-refractivity contribution is 0.352. The van der Waals surface area contributed by atoms with Gasteiger partial charge in [-0.25, -0.2) is 4.98 Å². The highest BCUT2D eigenvalue weighted by Crippen LogP contribution is 2.29. The third kappa shape index (κ3) is 3.74. The molecule has 7 heteroatoms. The van der Waals surface area contributed by atoms with Crippen LogP contribution in [0.5, 0.6) is 0 Å². The molecule has 1 saturated heterocycles. The Labute approximate surface area is 158 Å². The van der Waals surface area contributed by atoms with Gasteiger partial charge in [-0.3, -0.25) is 13.7 Å². The zero-order chi connectivity index (χ0) is 17.9. The van der Waals surface area contributed by atoms with Crippen LogP contribution < -0.4 is 10.9 Å². The van der Waals surface area contributed by atoms with Gasteiger partial charge in [-0.05, 0) is 38.0 Å². The van der Waals surface area contributed by atoms with Crippen LogP contribution in [0.4, 0.5) is 5.95 Å². The molecule has 1 N–H and O–H groups in total. The molecule has 0 spiro atoms. The van der Waals surface area contributed by atoms with Crippen molar-refractivity contribution in [2.75, 3.05) is 24.7 Å². The molecule has 0 unspecified atom stereocenters. The monoisotopic (exact) mass is 373 g/mol. The normalized spacial score (nSPS) is 20.5. The van der Waals surface area contributed by atoms with Gasteiger partial charge < -0.3 is 5.32 Å². The average Bonchev–Trinajstić information content (AvgIpc) is 2.69. The smallest absolute Gasteiger partial charge is 0.252 e. The van der Waals surface area contributed by atoms with Crippen LogP contribution in [0.1, 0.15) is 51.0 Å². The molecule has 2 aromatic rings. The maximum Gasteiger partial charge on any atom is 0.252 e. The lowest BCUT2D eigenvalue weighted by Gasteiger charge is -2.30. The average molecular weight is 374 g/mol. The van der Waals surface area contributed by atoms with Crippen molar-refractivity contribution in [3.63, 3.8) is 0 Å². The summed E-state index contributed by atoms with van der Waals surface area (Å²) < 4.78 is 4.30. The molecule has 140 valence electrons. The van der Waals surface area contributed by atoms with E-state index in [1.165, 1.54) is 19.3 Å². The number of pyridine rings is 1. The lowest BCUT2D eigenvalue weighted by Crippen LogP contribution is -2.35. The van der Waals surface area contributed by atoms with Gasteiger partial charge in [0.05, 0.1) is 0 Å². The summed E-state index contributed by atoms with van der Waals surface area (Å²) in [5, 5.41) is 4.44. The third-order valence-corrected chi connectivity index (χ3v) is 6.53. The predicted octanol–water partition coefficient (Wildman–Crippen LogP) is 3.45. The first-order chi connectivity index (χ1) is 12.7. The van der Waals surface area contributed by atoms with E-state index >= 15 is 0 Å². The summed E-state index contributed by atoms with van der Waals surface area (Å²) in [7, 11) is 0. The number of aromatic nitrogens is 3. The topological polar surface area (TPSA) is 63.1 Å². The quantitative estimate of drug-likeness (QED) is 0.828. The van der Waals surface area contributed by atoms with Crippen LogP contribution in [0.2, 0.25) is 0 Å². The molecule has 1 saturated carbocycles. The van der Waals surface area contributed by atoms with Crippen LogP contribution in [-0.2, 0) is 0 Å². The Morgan fingerprint density at radius 1 is 1.12 bits per heavy atom. The van der Waals surface area contributed by atoms with Crippen molar-refractivity contribution in [1.82, 2.24) is 18.8 Å². The summed E-state index contributed by atoms with van der Waals surface area (Å²) in [6, 6.07) is 4.17. The van der Waals surface area contributed by atoms with Crippen LogP contribution in [0, 0.1) is 0 Å². The number of anilines is 1. The Balaban J connectivity index is 1.60. The van der Waals surface area contributed by atoms with E-state index in [4.69, 9.17) is 4.98 Å². The van der Waals surface area contributed by atoms with E-state index in [1.807, 2.05) is 28.8 Å². The lowest BCUT2D eigenvalue weighted by atomic mass is 9.95. The predicted molar refractivity (Wildman–Crippen MR) is 108 cm³/mol. The number of hydrogen-bond donors (Lipinski definition) is 1. The number of nitrogens with zero attached hydrogens (tertiary/aromatic N) is 4. The van der Waals surface area contributed by atoms with E-state index in [-0.39, 0.29) is 11.6 Å². The molecule has 2 aliphatic rings. The third-order valence-electron chi connectivity index (χ3n) is 5.65. The summed E-state index contributed by atoms with van der Waals surface area (Å²) in [4.78, 5) is 21.8. The van der Waals surface area contributed by atoms with Crippen molar-refractivity contribution in [3.05, 3.63) is 28.7 Å². The highest BCUT2D eigenvalue weighted by atomic mass is 32.2. The number of piperidine rings is 1. The highest BCUT2D eigenvalue weighted by molar-refractivity contribution is 7.96. The molecule has 0 bridgehead atoms. The van der Waals surface area contributed by atoms with Gasteiger partial charge in [0, 0.05) is 42.8 Å². The zero-order valence-corrected chi connectivity index (χ0v) is 16.2. The molecule has 3 heterocycles. The molecule has 26 heavy (non-hydrogen) atoms. The van der Waals surface area contributed by atoms with Crippen molar-refractivity contribution in [2.45, 2.75) is 57.0 Å². The molecule has 0 aromatic carbocycles. The molecule has 1 aliphatic carbocycles. The van der Waals surface area contributed by atoms with E-state index in [1.54, 1.807) is 6.07 Å². The molecule has 0 amide bonds. The standard InChI is InChI=1S/C19H27N5OS/c1-26-23-11-9-15(10-12-23)21-19-20-13-14-7-8-17(25)24(18(14)22-19)16-5-3-2-4-6-16/h7-8,13,15-16H,2-6,9-12H2,1H3,(H,20,21,22). The Hall–Kier alpha value is -1.60. The molecular weight excluding hydrogens is 346 g/mol. The number of hydrogen-bond acceptors (Lipinski definition) is 6. The van der Waals surface area contributed by atoms with Gasteiger partial charge in [0.15, 0.2) is 0 Å². The van der Waals surface area contributed by atoms with Gasteiger partial charge >= 0.3 is 0 Å². The van der Waals surface area contributed by atoms with E-state index in [0.717, 1.165) is 49.8 Å². The first-order valence-electron chi connectivity index (χ1n) is 9.68. The van der Waals surface area contributed by atoms with Crippen molar-refractivity contribution in [2.24, 2.45) is 0 Å². The number of fused-ring (bicyclic) bond motifs is 1. The molecule has 2 aromatic heterocycles. The molecular formula is C19H27N5OS. The first kappa shape index (κ1) is 17.8. The molecule has 4 rings (SSSR count). The second-order valence-corrected chi connectivity index (χ2v) is 8.22. The van der Waals surface area contributed by atoms with Gasteiger partial charge in [-0.2, -0.15) is 4.98 Å². The Morgan fingerprint density at radius 3 is 2.62 bits per heavy atom. The Bertz CT molecular complexity index is 809. The maximum atomic E-state index is 12.6. The molecule has 0 radical (unpaired) electrons. The minimum absolute atomic E-state index is 0.0577. The first-order valence-corrected chi connectivity index (χ1v) is 10.9. The van der Waals surface area contributed by atoms with E-state index in [2.05, 4.69) is 20.9 Å². The van der Waals surface area contributed by atoms with Gasteiger partial charge in [-0.1, -0.05) is 31.2 Å². The maximum absolute atomic E-state index is 12.6. The summed E-state index contributed by atoms with van der Waals surface area (Å²) >= 11 is 1.81. The molecule has 2 fully saturated rings. The van der Waals surface area contributed by atoms with Crippen molar-refractivity contribution in [3.8, 4) is 0 Å². The summed E-state index contributed by atoms with van der Waals surface area (Å²) in [6.45, 7) is 2.17. The summed E-state index contributed by atoms with van der Waals surface area (Å²) in [6.07, 6.45) is 11.9. The number of rotatable bonds is 4. The van der Waals surface area contributed by atoms with Crippen LogP contribution >= 0.6 is 11.9 Å². The van der Waals surface area contributed by atoms with Crippen LogP contribution in [0.3, 0.4) is 0 Å². The van der Waals surface area contributed by atoms with Gasteiger partial charge in [-0.15, -0.1) is 0 Å². The Kier molecular flexibility index (Phi) is 5.45. The van der Waals surface area contributed by atoms with Crippen LogP contribution in [0.15, 0.2) is 23.1 Å². The highest BCUT2D eigenvalue weighted by Gasteiger charge is 2.21. The largest absolute Gasteiger partial charge is 0.351 e. The second-order valence-electron chi connectivity index (χ2n) is 7.34. The van der Waals surface area contributed by atoms with Crippen LogP contribution in [0.25, 0.3) is 11.0 Å². The fourth-order valence-corrected chi connectivity index (χ4v) is 4.74. The van der Waals surface area contributed by atoms with E-state index in [0.29, 0.717) is 12.0 Å². The number of nitrogens with one attached hydrogen (secondary N) is 1. The Morgan fingerprint density at radius 2 is 1.88 bits per heavy atom. The van der Waals surface area contributed by atoms with E-state index in [9.17, 15) is 4.79 Å². The minimum atomic E-state index is 0.0577. The molecule has 0 atom stereocenters. The van der Waals surface area contributed by atoms with Crippen molar-refractivity contribution < 1.29 is 0 Å². The van der Waals surface area contributed by atoms with Gasteiger partial charge in [0.1, 0.15) is 5.65 Å². The molecule has 1 aliphatic heterocycles. The zero-order valence-electron chi connectivity index (χ0n) is 15.4. The minimum Gasteiger partial charge on any atom is -0.351 e.